The van der Waals surface area contributed by atoms with Gasteiger partial charge in [0.1, 0.15) is 0 Å². The Morgan fingerprint density at radius 3 is 2.44 bits per heavy atom. The SMILES string of the molecule is C=CC.[Li][C]1=CC=CC1. The minimum absolute atomic E-state index is 1.17. The quantitative estimate of drug-likeness (QED) is 0.334. The molecule has 0 nitrogen and oxygen atoms in total. The molecular formula is C8H11Li. The van der Waals surface area contributed by atoms with Gasteiger partial charge in [0.25, 0.3) is 0 Å². The third kappa shape index (κ3) is 5.69. The van der Waals surface area contributed by atoms with Crippen LogP contribution in [0.25, 0.3) is 0 Å². The van der Waals surface area contributed by atoms with Crippen LogP contribution in [0.4, 0.5) is 0 Å². The van der Waals surface area contributed by atoms with Crippen LogP contribution in [-0.2, 0) is 0 Å². The molecule has 0 bridgehead atoms. The second-order valence-electron chi connectivity index (χ2n) is 2.05. The first-order valence-electron chi connectivity index (χ1n) is 3.20. The van der Waals surface area contributed by atoms with Crippen LogP contribution in [0, 0.1) is 0 Å². The predicted octanol–water partition coefficient (Wildman–Crippen LogP) is 2.19. The van der Waals surface area contributed by atoms with E-state index in [2.05, 4.69) is 42.5 Å². The van der Waals surface area contributed by atoms with Crippen LogP contribution in [0.5, 0.6) is 0 Å². The van der Waals surface area contributed by atoms with Crippen LogP contribution in [0.15, 0.2) is 35.1 Å². The van der Waals surface area contributed by atoms with Crippen LogP contribution in [-0.4, -0.2) is 17.7 Å². The fraction of sp³-hybridized carbons (Fsp3) is 0.250. The van der Waals surface area contributed by atoms with Gasteiger partial charge in [-0.05, 0) is 6.92 Å². The van der Waals surface area contributed by atoms with Gasteiger partial charge >= 0.3 is 46.6 Å². The van der Waals surface area contributed by atoms with E-state index >= 15 is 0 Å². The molecule has 1 aliphatic rings. The van der Waals surface area contributed by atoms with E-state index in [1.165, 1.54) is 10.7 Å². The summed E-state index contributed by atoms with van der Waals surface area (Å²) in [7, 11) is 0. The minimum atomic E-state index is 1.17. The monoisotopic (exact) mass is 114 g/mol. The Morgan fingerprint density at radius 1 is 1.78 bits per heavy atom. The van der Waals surface area contributed by atoms with Gasteiger partial charge in [-0.25, -0.2) is 0 Å². The fourth-order valence-electron chi connectivity index (χ4n) is 0.554. The fourth-order valence-corrected chi connectivity index (χ4v) is 0.554. The van der Waals surface area contributed by atoms with E-state index in [1.807, 2.05) is 6.92 Å². The van der Waals surface area contributed by atoms with Crippen molar-refractivity contribution in [1.29, 1.82) is 0 Å². The summed E-state index contributed by atoms with van der Waals surface area (Å²) in [4.78, 5) is 0. The molecule has 0 aromatic rings. The molecule has 1 aliphatic carbocycles. The van der Waals surface area contributed by atoms with Gasteiger partial charge in [0, 0.05) is 0 Å². The molecule has 0 unspecified atom stereocenters. The number of hydrogen-bond acceptors (Lipinski definition) is 0. The summed E-state index contributed by atoms with van der Waals surface area (Å²) >= 11 is 2.14. The summed E-state index contributed by atoms with van der Waals surface area (Å²) < 4.78 is 1.47. The van der Waals surface area contributed by atoms with Crippen molar-refractivity contribution in [3.63, 3.8) is 0 Å². The van der Waals surface area contributed by atoms with Crippen molar-refractivity contribution < 1.29 is 0 Å². The molecule has 0 fully saturated rings. The van der Waals surface area contributed by atoms with E-state index in [-0.39, 0.29) is 0 Å². The second-order valence-corrected chi connectivity index (χ2v) is 2.05. The molecule has 0 N–H and O–H groups in total. The summed E-state index contributed by atoms with van der Waals surface area (Å²) in [6.45, 7) is 5.25. The summed E-state index contributed by atoms with van der Waals surface area (Å²) in [5.74, 6) is 0. The van der Waals surface area contributed by atoms with E-state index in [0.717, 1.165) is 0 Å². The molecule has 1 rings (SSSR count). The van der Waals surface area contributed by atoms with Crippen LogP contribution in [0.3, 0.4) is 0 Å². The van der Waals surface area contributed by atoms with Gasteiger partial charge in [0.2, 0.25) is 0 Å². The van der Waals surface area contributed by atoms with Crippen molar-refractivity contribution in [2.75, 3.05) is 0 Å². The number of allylic oxidation sites excluding steroid dienone is 5. The molecule has 0 aromatic heterocycles. The average Bonchev–Trinajstić information content (AvgIpc) is 2.20. The van der Waals surface area contributed by atoms with Crippen molar-refractivity contribution in [2.45, 2.75) is 13.3 Å². The normalized spacial score (nSPS) is 13.9. The van der Waals surface area contributed by atoms with E-state index in [9.17, 15) is 0 Å². The molecule has 0 amide bonds. The standard InChI is InChI=1S/C5H5.C3H6.Li/c1-2-4-5-3-1;1-3-2;/h1-3H,4H2;3H,1H2,2H3;. The van der Waals surface area contributed by atoms with Gasteiger partial charge in [-0.3, -0.25) is 0 Å². The number of hydrogen-bond donors (Lipinski definition) is 0. The van der Waals surface area contributed by atoms with Crippen molar-refractivity contribution >= 4 is 17.7 Å². The summed E-state index contributed by atoms with van der Waals surface area (Å²) in [5, 5.41) is 0. The van der Waals surface area contributed by atoms with E-state index < -0.39 is 0 Å². The molecule has 0 aromatic carbocycles. The first-order chi connectivity index (χ1) is 4.31. The second kappa shape index (κ2) is 5.95. The Labute approximate surface area is 66.5 Å². The summed E-state index contributed by atoms with van der Waals surface area (Å²) in [6.07, 6.45) is 9.31. The van der Waals surface area contributed by atoms with Crippen LogP contribution in [0.2, 0.25) is 0 Å². The zero-order valence-corrected chi connectivity index (χ0v) is 6.22. The Balaban J connectivity index is 0.000000187. The van der Waals surface area contributed by atoms with Crippen LogP contribution < -0.4 is 0 Å². The van der Waals surface area contributed by atoms with Crippen LogP contribution >= 0.6 is 0 Å². The van der Waals surface area contributed by atoms with Gasteiger partial charge in [-0.2, -0.15) is 0 Å². The molecule has 0 spiro atoms. The zero-order chi connectivity index (χ0) is 7.11. The molecule has 44 valence electrons. The van der Waals surface area contributed by atoms with E-state index in [1.54, 1.807) is 6.08 Å². The Hall–Kier alpha value is -0.183. The number of rotatable bonds is 0. The van der Waals surface area contributed by atoms with Crippen molar-refractivity contribution in [3.05, 3.63) is 35.1 Å². The Morgan fingerprint density at radius 2 is 2.33 bits per heavy atom. The van der Waals surface area contributed by atoms with E-state index in [0.29, 0.717) is 0 Å². The van der Waals surface area contributed by atoms with Crippen molar-refractivity contribution in [1.82, 2.24) is 0 Å². The van der Waals surface area contributed by atoms with Gasteiger partial charge in [0.15, 0.2) is 0 Å². The molecule has 0 aliphatic heterocycles. The Kier molecular flexibility index (Phi) is 5.82. The third-order valence-corrected chi connectivity index (χ3v) is 0.957. The van der Waals surface area contributed by atoms with E-state index in [4.69, 9.17) is 0 Å². The third-order valence-electron chi connectivity index (χ3n) is 0.957. The molecule has 1 heteroatoms. The van der Waals surface area contributed by atoms with Crippen molar-refractivity contribution in [3.8, 4) is 0 Å². The molecular weight excluding hydrogens is 103 g/mol. The molecule has 0 radical (unpaired) electrons. The molecule has 0 saturated carbocycles. The summed E-state index contributed by atoms with van der Waals surface area (Å²) in [5.41, 5.74) is 0. The maximum atomic E-state index is 3.36. The Bertz CT molecular complexity index is 132. The van der Waals surface area contributed by atoms with Crippen LogP contribution in [0.1, 0.15) is 13.3 Å². The zero-order valence-electron chi connectivity index (χ0n) is 6.22. The average molecular weight is 114 g/mol. The van der Waals surface area contributed by atoms with Gasteiger partial charge < -0.3 is 0 Å². The molecule has 0 atom stereocenters. The first-order valence-corrected chi connectivity index (χ1v) is 3.20. The van der Waals surface area contributed by atoms with Gasteiger partial charge in [-0.15, -0.1) is 6.58 Å². The van der Waals surface area contributed by atoms with Gasteiger partial charge in [-0.1, -0.05) is 6.08 Å². The summed E-state index contributed by atoms with van der Waals surface area (Å²) in [6, 6.07) is 0. The molecule has 0 heterocycles. The van der Waals surface area contributed by atoms with Gasteiger partial charge in [0.05, 0.1) is 0 Å². The van der Waals surface area contributed by atoms with Crippen molar-refractivity contribution in [2.24, 2.45) is 0 Å². The maximum absolute atomic E-state index is 3.36. The predicted molar refractivity (Wildman–Crippen MR) is 43.5 cm³/mol. The molecule has 9 heavy (non-hydrogen) atoms. The molecule has 0 saturated heterocycles. The first kappa shape index (κ1) is 8.82. The topological polar surface area (TPSA) is 0 Å².